The molecule has 0 aromatic heterocycles. The van der Waals surface area contributed by atoms with E-state index in [1.54, 1.807) is 24.3 Å². The van der Waals surface area contributed by atoms with Gasteiger partial charge in [-0.1, -0.05) is 6.07 Å². The fraction of sp³-hybridized carbons (Fsp3) is 0.133. The molecule has 5 heteroatoms. The molecule has 0 amide bonds. The minimum atomic E-state index is -0.625. The molecule has 0 spiro atoms. The van der Waals surface area contributed by atoms with Gasteiger partial charge in [0.15, 0.2) is 0 Å². The van der Waals surface area contributed by atoms with E-state index in [4.69, 9.17) is 19.5 Å². The number of ether oxygens (including phenoxy) is 3. The number of halogens is 1. The molecule has 0 heterocycles. The molecule has 0 unspecified atom stereocenters. The van der Waals surface area contributed by atoms with E-state index in [-0.39, 0.29) is 11.3 Å². The number of methoxy groups -OCH3 is 2. The van der Waals surface area contributed by atoms with Gasteiger partial charge in [0, 0.05) is 18.2 Å². The number of hydrogen-bond acceptors (Lipinski definition) is 4. The van der Waals surface area contributed by atoms with Gasteiger partial charge in [0.25, 0.3) is 0 Å². The Balaban J connectivity index is 2.40. The quantitative estimate of drug-likeness (QED) is 0.855. The van der Waals surface area contributed by atoms with Crippen LogP contribution in [0, 0.1) is 17.1 Å². The largest absolute Gasteiger partial charge is 0.496 e. The van der Waals surface area contributed by atoms with E-state index in [2.05, 4.69) is 0 Å². The maximum absolute atomic E-state index is 13.5. The molecule has 0 fully saturated rings. The second-order valence-corrected chi connectivity index (χ2v) is 3.88. The van der Waals surface area contributed by atoms with Crippen molar-refractivity contribution >= 4 is 0 Å². The van der Waals surface area contributed by atoms with Gasteiger partial charge in [0.2, 0.25) is 0 Å². The minimum absolute atomic E-state index is 0.141. The third kappa shape index (κ3) is 2.81. The maximum Gasteiger partial charge on any atom is 0.148 e. The van der Waals surface area contributed by atoms with Crippen molar-refractivity contribution < 1.29 is 18.6 Å². The summed E-state index contributed by atoms with van der Waals surface area (Å²) in [6.07, 6.45) is 0. The van der Waals surface area contributed by atoms with Crippen LogP contribution in [0.5, 0.6) is 23.0 Å². The molecule has 2 rings (SSSR count). The molecular weight excluding hydrogens is 261 g/mol. The first kappa shape index (κ1) is 13.7. The summed E-state index contributed by atoms with van der Waals surface area (Å²) in [7, 11) is 3.03. The van der Waals surface area contributed by atoms with Crippen LogP contribution in [-0.2, 0) is 0 Å². The molecule has 0 aliphatic heterocycles. The zero-order valence-corrected chi connectivity index (χ0v) is 11.0. The van der Waals surface area contributed by atoms with Crippen molar-refractivity contribution in [2.45, 2.75) is 0 Å². The predicted octanol–water partition coefficient (Wildman–Crippen LogP) is 3.51. The highest BCUT2D eigenvalue weighted by Crippen LogP contribution is 2.32. The second kappa shape index (κ2) is 5.93. The van der Waals surface area contributed by atoms with Crippen molar-refractivity contribution in [3.05, 3.63) is 47.8 Å². The summed E-state index contributed by atoms with van der Waals surface area (Å²) in [5.74, 6) is 0.981. The molecule has 20 heavy (non-hydrogen) atoms. The topological polar surface area (TPSA) is 51.5 Å². The first-order valence-corrected chi connectivity index (χ1v) is 5.77. The Kier molecular flexibility index (Phi) is 4.06. The van der Waals surface area contributed by atoms with Crippen LogP contribution >= 0.6 is 0 Å². The molecule has 0 saturated heterocycles. The van der Waals surface area contributed by atoms with E-state index in [1.165, 1.54) is 32.4 Å². The Labute approximate surface area is 115 Å². The van der Waals surface area contributed by atoms with Gasteiger partial charge in [-0.05, 0) is 12.1 Å². The molecule has 0 bridgehead atoms. The average Bonchev–Trinajstić information content (AvgIpc) is 2.47. The average molecular weight is 273 g/mol. The van der Waals surface area contributed by atoms with Gasteiger partial charge in [0.1, 0.15) is 40.4 Å². The van der Waals surface area contributed by atoms with E-state index in [0.717, 1.165) is 0 Å². The summed E-state index contributed by atoms with van der Waals surface area (Å²) in [6.45, 7) is 0. The van der Waals surface area contributed by atoms with Crippen molar-refractivity contribution in [3.8, 4) is 29.1 Å². The normalized spacial score (nSPS) is 9.70. The Morgan fingerprint density at radius 3 is 2.15 bits per heavy atom. The Hall–Kier alpha value is -2.74. The van der Waals surface area contributed by atoms with Crippen LogP contribution in [0.3, 0.4) is 0 Å². The van der Waals surface area contributed by atoms with Gasteiger partial charge < -0.3 is 14.2 Å². The Bertz CT molecular complexity index is 642. The molecule has 0 saturated carbocycles. The van der Waals surface area contributed by atoms with Crippen LogP contribution in [0.4, 0.5) is 4.39 Å². The third-order valence-electron chi connectivity index (χ3n) is 2.64. The lowest BCUT2D eigenvalue weighted by Gasteiger charge is -2.11. The van der Waals surface area contributed by atoms with Crippen molar-refractivity contribution in [3.63, 3.8) is 0 Å². The number of nitriles is 1. The predicted molar refractivity (Wildman–Crippen MR) is 70.7 cm³/mol. The van der Waals surface area contributed by atoms with Crippen LogP contribution in [0.2, 0.25) is 0 Å². The van der Waals surface area contributed by atoms with Gasteiger partial charge in [0.05, 0.1) is 14.2 Å². The molecule has 2 aromatic rings. The highest BCUT2D eigenvalue weighted by molar-refractivity contribution is 5.48. The maximum atomic E-state index is 13.5. The summed E-state index contributed by atoms with van der Waals surface area (Å²) < 4.78 is 29.3. The summed E-state index contributed by atoms with van der Waals surface area (Å²) in [5.41, 5.74) is -0.144. The van der Waals surface area contributed by atoms with Crippen molar-refractivity contribution in [2.75, 3.05) is 14.2 Å². The molecule has 0 aliphatic rings. The van der Waals surface area contributed by atoms with Crippen molar-refractivity contribution in [2.24, 2.45) is 0 Å². The molecule has 4 nitrogen and oxygen atoms in total. The van der Waals surface area contributed by atoms with E-state index < -0.39 is 5.82 Å². The number of rotatable bonds is 4. The standard InChI is InChI=1S/C15H12FNO3/c1-18-10-6-11(19-2)8-12(7-10)20-15-5-3-4-14(16)13(15)9-17/h3-8H,1-2H3. The molecule has 0 radical (unpaired) electrons. The minimum Gasteiger partial charge on any atom is -0.496 e. The van der Waals surface area contributed by atoms with Crippen LogP contribution in [0.15, 0.2) is 36.4 Å². The van der Waals surface area contributed by atoms with Crippen molar-refractivity contribution in [1.29, 1.82) is 5.26 Å². The van der Waals surface area contributed by atoms with E-state index in [9.17, 15) is 4.39 Å². The monoisotopic (exact) mass is 273 g/mol. The summed E-state index contributed by atoms with van der Waals surface area (Å²) in [4.78, 5) is 0. The molecule has 0 N–H and O–H groups in total. The lowest BCUT2D eigenvalue weighted by Crippen LogP contribution is -1.93. The van der Waals surface area contributed by atoms with E-state index in [1.807, 2.05) is 0 Å². The number of hydrogen-bond donors (Lipinski definition) is 0. The second-order valence-electron chi connectivity index (χ2n) is 3.88. The molecule has 0 atom stereocenters. The van der Waals surface area contributed by atoms with Gasteiger partial charge in [-0.2, -0.15) is 5.26 Å². The highest BCUT2D eigenvalue weighted by Gasteiger charge is 2.11. The molecule has 2 aromatic carbocycles. The van der Waals surface area contributed by atoms with Gasteiger partial charge in [-0.3, -0.25) is 0 Å². The molecule has 102 valence electrons. The SMILES string of the molecule is COc1cc(OC)cc(Oc2cccc(F)c2C#N)c1. The Morgan fingerprint density at radius 2 is 1.60 bits per heavy atom. The van der Waals surface area contributed by atoms with Crippen LogP contribution in [0.25, 0.3) is 0 Å². The number of benzene rings is 2. The van der Waals surface area contributed by atoms with Crippen molar-refractivity contribution in [1.82, 2.24) is 0 Å². The summed E-state index contributed by atoms with van der Waals surface area (Å²) >= 11 is 0. The van der Waals surface area contributed by atoms with Gasteiger partial charge in [-0.25, -0.2) is 4.39 Å². The van der Waals surface area contributed by atoms with E-state index in [0.29, 0.717) is 17.2 Å². The Morgan fingerprint density at radius 1 is 1.00 bits per heavy atom. The first-order chi connectivity index (χ1) is 9.67. The van der Waals surface area contributed by atoms with Crippen LogP contribution in [-0.4, -0.2) is 14.2 Å². The number of nitrogens with zero attached hydrogens (tertiary/aromatic N) is 1. The third-order valence-corrected chi connectivity index (χ3v) is 2.64. The molecule has 0 aliphatic carbocycles. The highest BCUT2D eigenvalue weighted by atomic mass is 19.1. The lowest BCUT2D eigenvalue weighted by atomic mass is 10.2. The first-order valence-electron chi connectivity index (χ1n) is 5.77. The smallest absolute Gasteiger partial charge is 0.148 e. The van der Waals surface area contributed by atoms with Gasteiger partial charge in [-0.15, -0.1) is 0 Å². The fourth-order valence-electron chi connectivity index (χ4n) is 1.67. The zero-order chi connectivity index (χ0) is 14.5. The van der Waals surface area contributed by atoms with Gasteiger partial charge >= 0.3 is 0 Å². The fourth-order valence-corrected chi connectivity index (χ4v) is 1.67. The van der Waals surface area contributed by atoms with Crippen LogP contribution in [0.1, 0.15) is 5.56 Å². The summed E-state index contributed by atoms with van der Waals surface area (Å²) in [6, 6.07) is 10.9. The zero-order valence-electron chi connectivity index (χ0n) is 11.0. The lowest BCUT2D eigenvalue weighted by molar-refractivity contribution is 0.386. The van der Waals surface area contributed by atoms with Crippen LogP contribution < -0.4 is 14.2 Å². The molecular formula is C15H12FNO3. The summed E-state index contributed by atoms with van der Waals surface area (Å²) in [5, 5.41) is 8.96. The van der Waals surface area contributed by atoms with E-state index >= 15 is 0 Å².